The number of nitrogens with zero attached hydrogens (tertiary/aromatic N) is 1. The molecule has 2 rings (SSSR count). The molecule has 0 atom stereocenters. The molecule has 18 heavy (non-hydrogen) atoms. The Bertz CT molecular complexity index is 418. The maximum atomic E-state index is 12.2. The van der Waals surface area contributed by atoms with Gasteiger partial charge in [0.2, 0.25) is 0 Å². The maximum Gasteiger partial charge on any atom is 0.253 e. The number of carbonyl (C=O) groups excluding carboxylic acids is 1. The van der Waals surface area contributed by atoms with Gasteiger partial charge in [0.1, 0.15) is 0 Å². The number of amides is 1. The number of likely N-dealkylation sites (tertiary alicyclic amines) is 1. The summed E-state index contributed by atoms with van der Waals surface area (Å²) in [5, 5.41) is 9.86. The molecule has 0 saturated carbocycles. The van der Waals surface area contributed by atoms with Crippen molar-refractivity contribution >= 4 is 17.5 Å². The number of halogens is 1. The van der Waals surface area contributed by atoms with Crippen LogP contribution in [0.1, 0.15) is 35.7 Å². The van der Waals surface area contributed by atoms with E-state index >= 15 is 0 Å². The Balaban J connectivity index is 2.03. The zero-order chi connectivity index (χ0) is 13.2. The minimum atomic E-state index is -0.626. The van der Waals surface area contributed by atoms with E-state index in [1.54, 1.807) is 4.90 Å². The smallest absolute Gasteiger partial charge is 0.253 e. The summed E-state index contributed by atoms with van der Waals surface area (Å²) in [6.07, 6.45) is 1.27. The van der Waals surface area contributed by atoms with Crippen molar-refractivity contribution in [3.63, 3.8) is 0 Å². The SMILES string of the molecule is CC1(O)CCN(C(=O)c2ccc(CCl)cc2)CC1. The second kappa shape index (κ2) is 5.29. The number of alkyl halides is 1. The molecular weight excluding hydrogens is 250 g/mol. The Kier molecular flexibility index (Phi) is 3.93. The summed E-state index contributed by atoms with van der Waals surface area (Å²) in [7, 11) is 0. The number of hydrogen-bond donors (Lipinski definition) is 1. The lowest BCUT2D eigenvalue weighted by Crippen LogP contribution is -2.45. The van der Waals surface area contributed by atoms with Crippen molar-refractivity contribution < 1.29 is 9.90 Å². The van der Waals surface area contributed by atoms with E-state index in [-0.39, 0.29) is 5.91 Å². The molecule has 1 aliphatic heterocycles. The lowest BCUT2D eigenvalue weighted by molar-refractivity contribution is -0.00202. The molecule has 1 fully saturated rings. The van der Waals surface area contributed by atoms with E-state index in [9.17, 15) is 9.90 Å². The van der Waals surface area contributed by atoms with Gasteiger partial charge in [-0.3, -0.25) is 4.79 Å². The largest absolute Gasteiger partial charge is 0.390 e. The zero-order valence-corrected chi connectivity index (χ0v) is 11.3. The first-order valence-corrected chi connectivity index (χ1v) is 6.72. The third-order valence-corrected chi connectivity index (χ3v) is 3.79. The van der Waals surface area contributed by atoms with Gasteiger partial charge in [-0.2, -0.15) is 0 Å². The van der Waals surface area contributed by atoms with E-state index in [1.807, 2.05) is 31.2 Å². The molecule has 0 aromatic heterocycles. The molecule has 0 radical (unpaired) electrons. The third kappa shape index (κ3) is 3.03. The summed E-state index contributed by atoms with van der Waals surface area (Å²) >= 11 is 5.72. The van der Waals surface area contributed by atoms with Crippen LogP contribution in [0, 0.1) is 0 Å². The Morgan fingerprint density at radius 2 is 1.89 bits per heavy atom. The third-order valence-electron chi connectivity index (χ3n) is 3.48. The number of hydrogen-bond acceptors (Lipinski definition) is 2. The number of carbonyl (C=O) groups is 1. The fourth-order valence-corrected chi connectivity index (χ4v) is 2.29. The number of piperidine rings is 1. The van der Waals surface area contributed by atoms with Crippen molar-refractivity contribution in [2.45, 2.75) is 31.2 Å². The van der Waals surface area contributed by atoms with Crippen molar-refractivity contribution in [2.75, 3.05) is 13.1 Å². The molecule has 0 aliphatic carbocycles. The van der Waals surface area contributed by atoms with Gasteiger partial charge in [0.05, 0.1) is 5.60 Å². The normalized spacial score (nSPS) is 18.7. The molecular formula is C14H18ClNO2. The Hall–Kier alpha value is -1.06. The average Bonchev–Trinajstić information content (AvgIpc) is 2.38. The first kappa shape index (κ1) is 13.4. The molecule has 1 aliphatic rings. The summed E-state index contributed by atoms with van der Waals surface area (Å²) in [6.45, 7) is 3.05. The number of rotatable bonds is 2. The summed E-state index contributed by atoms with van der Waals surface area (Å²) in [6, 6.07) is 7.38. The van der Waals surface area contributed by atoms with E-state index in [1.165, 1.54) is 0 Å². The zero-order valence-electron chi connectivity index (χ0n) is 10.5. The van der Waals surface area contributed by atoms with E-state index in [0.29, 0.717) is 37.4 Å². The highest BCUT2D eigenvalue weighted by molar-refractivity contribution is 6.17. The maximum absolute atomic E-state index is 12.2. The monoisotopic (exact) mass is 267 g/mol. The fraction of sp³-hybridized carbons (Fsp3) is 0.500. The quantitative estimate of drug-likeness (QED) is 0.836. The molecule has 0 bridgehead atoms. The lowest BCUT2D eigenvalue weighted by atomic mass is 9.93. The topological polar surface area (TPSA) is 40.5 Å². The van der Waals surface area contributed by atoms with Crippen molar-refractivity contribution in [3.8, 4) is 0 Å². The van der Waals surface area contributed by atoms with Crippen LogP contribution >= 0.6 is 11.6 Å². The molecule has 1 saturated heterocycles. The van der Waals surface area contributed by atoms with Gasteiger partial charge in [-0.25, -0.2) is 0 Å². The number of benzene rings is 1. The first-order valence-electron chi connectivity index (χ1n) is 6.18. The molecule has 1 aromatic carbocycles. The van der Waals surface area contributed by atoms with Crippen LogP contribution in [0.2, 0.25) is 0 Å². The average molecular weight is 268 g/mol. The summed E-state index contributed by atoms with van der Waals surface area (Å²) in [5.74, 6) is 0.493. The van der Waals surface area contributed by atoms with Crippen LogP contribution in [0.3, 0.4) is 0 Å². The molecule has 4 heteroatoms. The predicted octanol–water partition coefficient (Wildman–Crippen LogP) is 2.41. The van der Waals surface area contributed by atoms with Crippen LogP contribution in [0.25, 0.3) is 0 Å². The van der Waals surface area contributed by atoms with Crippen LogP contribution < -0.4 is 0 Å². The molecule has 1 N–H and O–H groups in total. The van der Waals surface area contributed by atoms with Crippen LogP contribution in [-0.4, -0.2) is 34.6 Å². The standard InChI is InChI=1S/C14H18ClNO2/c1-14(18)6-8-16(9-7-14)13(17)12-4-2-11(10-15)3-5-12/h2-5,18H,6-10H2,1H3. The molecule has 1 aromatic rings. The summed E-state index contributed by atoms with van der Waals surface area (Å²) in [5.41, 5.74) is 1.07. The summed E-state index contributed by atoms with van der Waals surface area (Å²) in [4.78, 5) is 14.0. The highest BCUT2D eigenvalue weighted by Gasteiger charge is 2.29. The predicted molar refractivity (Wildman–Crippen MR) is 71.8 cm³/mol. The van der Waals surface area contributed by atoms with Crippen molar-refractivity contribution in [1.82, 2.24) is 4.90 Å². The van der Waals surface area contributed by atoms with Gasteiger partial charge in [-0.05, 0) is 37.5 Å². The minimum absolute atomic E-state index is 0.0339. The molecule has 1 heterocycles. The van der Waals surface area contributed by atoms with Gasteiger partial charge in [-0.1, -0.05) is 12.1 Å². The minimum Gasteiger partial charge on any atom is -0.390 e. The lowest BCUT2D eigenvalue weighted by Gasteiger charge is -2.35. The second-order valence-electron chi connectivity index (χ2n) is 5.12. The Morgan fingerprint density at radius 1 is 1.33 bits per heavy atom. The van der Waals surface area contributed by atoms with Crippen LogP contribution in [0.4, 0.5) is 0 Å². The van der Waals surface area contributed by atoms with Crippen molar-refractivity contribution in [2.24, 2.45) is 0 Å². The highest BCUT2D eigenvalue weighted by Crippen LogP contribution is 2.22. The van der Waals surface area contributed by atoms with Crippen LogP contribution in [-0.2, 0) is 5.88 Å². The Morgan fingerprint density at radius 3 is 2.39 bits per heavy atom. The molecule has 0 spiro atoms. The van der Waals surface area contributed by atoms with E-state index in [4.69, 9.17) is 11.6 Å². The fourth-order valence-electron chi connectivity index (χ4n) is 2.11. The van der Waals surface area contributed by atoms with Gasteiger partial charge in [0.25, 0.3) is 5.91 Å². The second-order valence-corrected chi connectivity index (χ2v) is 5.39. The number of aliphatic hydroxyl groups is 1. The molecule has 3 nitrogen and oxygen atoms in total. The van der Waals surface area contributed by atoms with E-state index in [0.717, 1.165) is 5.56 Å². The molecule has 0 unspecified atom stereocenters. The summed E-state index contributed by atoms with van der Waals surface area (Å²) < 4.78 is 0. The highest BCUT2D eigenvalue weighted by atomic mass is 35.5. The first-order chi connectivity index (χ1) is 8.52. The van der Waals surface area contributed by atoms with Gasteiger partial charge in [0.15, 0.2) is 0 Å². The van der Waals surface area contributed by atoms with E-state index in [2.05, 4.69) is 0 Å². The van der Waals surface area contributed by atoms with Gasteiger partial charge >= 0.3 is 0 Å². The van der Waals surface area contributed by atoms with Gasteiger partial charge in [0, 0.05) is 24.5 Å². The molecule has 1 amide bonds. The van der Waals surface area contributed by atoms with Gasteiger partial charge < -0.3 is 10.0 Å². The van der Waals surface area contributed by atoms with Crippen molar-refractivity contribution in [1.29, 1.82) is 0 Å². The van der Waals surface area contributed by atoms with Gasteiger partial charge in [-0.15, -0.1) is 11.6 Å². The van der Waals surface area contributed by atoms with E-state index < -0.39 is 5.60 Å². The molecule has 98 valence electrons. The Labute approximate surface area is 112 Å². The van der Waals surface area contributed by atoms with Crippen LogP contribution in [0.5, 0.6) is 0 Å². The van der Waals surface area contributed by atoms with Crippen molar-refractivity contribution in [3.05, 3.63) is 35.4 Å². The van der Waals surface area contributed by atoms with Crippen LogP contribution in [0.15, 0.2) is 24.3 Å².